The number of hydrogen-bond donors (Lipinski definition) is 1. The minimum absolute atomic E-state index is 0.0133. The normalized spacial score (nSPS) is 20.4. The van der Waals surface area contributed by atoms with Gasteiger partial charge in [0.15, 0.2) is 0 Å². The molecule has 2 aliphatic carbocycles. The van der Waals surface area contributed by atoms with Crippen LogP contribution in [-0.2, 0) is 24.1 Å². The van der Waals surface area contributed by atoms with Gasteiger partial charge in [-0.05, 0) is 84.9 Å². The van der Waals surface area contributed by atoms with E-state index in [1.807, 2.05) is 18.2 Å². The average Bonchev–Trinajstić information content (AvgIpc) is 3.55. The molecule has 2 aromatic carbocycles. The van der Waals surface area contributed by atoms with Crippen LogP contribution < -0.4 is 4.74 Å². The lowest BCUT2D eigenvalue weighted by Crippen LogP contribution is -2.13. The van der Waals surface area contributed by atoms with Gasteiger partial charge >= 0.3 is 12.1 Å². The van der Waals surface area contributed by atoms with E-state index < -0.39 is 17.7 Å². The van der Waals surface area contributed by atoms with E-state index >= 15 is 0 Å². The molecule has 1 aliphatic heterocycles. The van der Waals surface area contributed by atoms with Crippen molar-refractivity contribution in [2.75, 3.05) is 0 Å². The number of hydrogen-bond acceptors (Lipinski definition) is 2. The predicted molar refractivity (Wildman–Crippen MR) is 135 cm³/mol. The van der Waals surface area contributed by atoms with Crippen LogP contribution in [0.25, 0.3) is 10.9 Å². The van der Waals surface area contributed by atoms with Gasteiger partial charge in [0.25, 0.3) is 0 Å². The zero-order valence-corrected chi connectivity index (χ0v) is 20.8. The summed E-state index contributed by atoms with van der Waals surface area (Å²) >= 11 is 0. The number of ether oxygens (including phenoxy) is 1. The first kappa shape index (κ1) is 24.4. The third kappa shape index (κ3) is 4.51. The molecule has 3 aromatic rings. The Labute approximate surface area is 214 Å². The molecule has 0 saturated heterocycles. The maximum atomic E-state index is 13.9. The Morgan fingerprint density at radius 2 is 1.73 bits per heavy atom. The van der Waals surface area contributed by atoms with Gasteiger partial charge in [0.2, 0.25) is 0 Å². The molecule has 2 heterocycles. The number of alkyl halides is 3. The second-order valence-electron chi connectivity index (χ2n) is 11.0. The summed E-state index contributed by atoms with van der Waals surface area (Å²) in [5, 5.41) is 10.5. The third-order valence-corrected chi connectivity index (χ3v) is 8.76. The number of halogens is 3. The van der Waals surface area contributed by atoms with E-state index in [1.165, 1.54) is 18.1 Å². The number of rotatable bonds is 7. The number of aryl methyl sites for hydroxylation is 1. The van der Waals surface area contributed by atoms with Crippen LogP contribution in [0.2, 0.25) is 0 Å². The topological polar surface area (TPSA) is 51.5 Å². The Balaban J connectivity index is 1.29. The second-order valence-corrected chi connectivity index (χ2v) is 11.0. The van der Waals surface area contributed by atoms with Crippen LogP contribution in [0, 0.1) is 0 Å². The molecular weight excluding hydrogens is 479 g/mol. The molecule has 2 saturated carbocycles. The molecule has 2 fully saturated rings. The van der Waals surface area contributed by atoms with Crippen molar-refractivity contribution in [1.82, 2.24) is 4.57 Å². The Bertz CT molecular complexity index is 1330. The fourth-order valence-electron chi connectivity index (χ4n) is 6.81. The van der Waals surface area contributed by atoms with Gasteiger partial charge in [0.05, 0.1) is 12.0 Å². The van der Waals surface area contributed by atoms with Crippen LogP contribution in [0.3, 0.4) is 0 Å². The molecule has 0 unspecified atom stereocenters. The largest absolute Gasteiger partial charge is 0.489 e. The number of benzene rings is 2. The highest BCUT2D eigenvalue weighted by molar-refractivity contribution is 5.88. The number of nitrogens with zero attached hydrogens (tertiary/aromatic N) is 1. The van der Waals surface area contributed by atoms with E-state index in [2.05, 4.69) is 4.57 Å². The average molecular weight is 512 g/mol. The minimum atomic E-state index is -4.38. The standard InChI is InChI=1S/C30H32F3NO3/c31-30(32,33)25-14-18(8-10-23(25)19-4-1-2-5-19)17-37-22-9-11-26-24(16-22)28(20-6-3-7-20)29-21(15-27(35)36)12-13-34(26)29/h8-11,14,16,19-21H,1-7,12-13,15,17H2,(H,35,36)/t21-/m1/s1. The van der Waals surface area contributed by atoms with Gasteiger partial charge in [-0.25, -0.2) is 0 Å². The Kier molecular flexibility index (Phi) is 6.20. The summed E-state index contributed by atoms with van der Waals surface area (Å²) in [5.74, 6) is 0.288. The minimum Gasteiger partial charge on any atom is -0.489 e. The summed E-state index contributed by atoms with van der Waals surface area (Å²) < 4.78 is 50.0. The summed E-state index contributed by atoms with van der Waals surface area (Å²) in [5.41, 5.74) is 3.91. The van der Waals surface area contributed by atoms with Crippen molar-refractivity contribution in [2.24, 2.45) is 0 Å². The molecule has 3 aliphatic rings. The molecule has 7 heteroatoms. The van der Waals surface area contributed by atoms with Gasteiger partial charge in [-0.2, -0.15) is 13.2 Å². The first-order valence-corrected chi connectivity index (χ1v) is 13.5. The van der Waals surface area contributed by atoms with Crippen molar-refractivity contribution in [3.8, 4) is 5.75 Å². The summed E-state index contributed by atoms with van der Waals surface area (Å²) in [6.07, 6.45) is 3.58. The fourth-order valence-corrected chi connectivity index (χ4v) is 6.81. The maximum Gasteiger partial charge on any atom is 0.416 e. The first-order valence-electron chi connectivity index (χ1n) is 13.5. The molecular formula is C30H32F3NO3. The molecule has 0 amide bonds. The summed E-state index contributed by atoms with van der Waals surface area (Å²) in [4.78, 5) is 11.5. The molecule has 196 valence electrons. The number of carbonyl (C=O) groups is 1. The second kappa shape index (κ2) is 9.41. The summed E-state index contributed by atoms with van der Waals surface area (Å²) in [6.45, 7) is 0.873. The zero-order valence-electron chi connectivity index (χ0n) is 20.8. The van der Waals surface area contributed by atoms with Gasteiger partial charge in [-0.15, -0.1) is 0 Å². The Morgan fingerprint density at radius 1 is 0.973 bits per heavy atom. The van der Waals surface area contributed by atoms with Crippen LogP contribution in [-0.4, -0.2) is 15.6 Å². The van der Waals surface area contributed by atoms with Gasteiger partial charge in [0, 0.05) is 29.1 Å². The van der Waals surface area contributed by atoms with Crippen molar-refractivity contribution in [3.63, 3.8) is 0 Å². The first-order chi connectivity index (χ1) is 17.8. The molecule has 0 radical (unpaired) electrons. The molecule has 6 rings (SSSR count). The van der Waals surface area contributed by atoms with Crippen LogP contribution in [0.5, 0.6) is 5.75 Å². The summed E-state index contributed by atoms with van der Waals surface area (Å²) in [7, 11) is 0. The van der Waals surface area contributed by atoms with Crippen molar-refractivity contribution < 1.29 is 27.8 Å². The highest BCUT2D eigenvalue weighted by atomic mass is 19.4. The van der Waals surface area contributed by atoms with Gasteiger partial charge in [-0.1, -0.05) is 31.4 Å². The quantitative estimate of drug-likeness (QED) is 0.348. The Morgan fingerprint density at radius 3 is 2.41 bits per heavy atom. The predicted octanol–water partition coefficient (Wildman–Crippen LogP) is 8.13. The van der Waals surface area contributed by atoms with E-state index in [0.29, 0.717) is 22.8 Å². The van der Waals surface area contributed by atoms with Crippen LogP contribution in [0.1, 0.15) is 103 Å². The highest BCUT2D eigenvalue weighted by Gasteiger charge is 2.37. The number of fused-ring (bicyclic) bond motifs is 3. The molecule has 4 nitrogen and oxygen atoms in total. The maximum absolute atomic E-state index is 13.9. The van der Waals surface area contributed by atoms with Gasteiger partial charge < -0.3 is 14.4 Å². The van der Waals surface area contributed by atoms with Crippen molar-refractivity contribution in [1.29, 1.82) is 0 Å². The lowest BCUT2D eigenvalue weighted by molar-refractivity contribution is -0.139. The van der Waals surface area contributed by atoms with E-state index in [1.54, 1.807) is 12.1 Å². The number of carboxylic acids is 1. The third-order valence-electron chi connectivity index (χ3n) is 8.76. The SMILES string of the molecule is O=C(O)C[C@H]1CCn2c1c(C1CCC1)c1cc(OCc3ccc(C4CCCC4)c(C(F)(F)F)c3)ccc12. The Hall–Kier alpha value is -2.96. The number of carboxylic acid groups (broad SMARTS) is 1. The van der Waals surface area contributed by atoms with E-state index in [-0.39, 0.29) is 24.9 Å². The highest BCUT2D eigenvalue weighted by Crippen LogP contribution is 2.49. The number of aliphatic carboxylic acids is 1. The van der Waals surface area contributed by atoms with Gasteiger partial charge in [0.1, 0.15) is 12.4 Å². The van der Waals surface area contributed by atoms with Crippen molar-refractivity contribution in [2.45, 2.75) is 94.9 Å². The van der Waals surface area contributed by atoms with E-state index in [4.69, 9.17) is 4.74 Å². The molecule has 1 atom stereocenters. The van der Waals surface area contributed by atoms with E-state index in [9.17, 15) is 23.1 Å². The zero-order chi connectivity index (χ0) is 25.7. The number of aromatic nitrogens is 1. The fraction of sp³-hybridized carbons (Fsp3) is 0.500. The molecule has 37 heavy (non-hydrogen) atoms. The smallest absolute Gasteiger partial charge is 0.416 e. The lowest BCUT2D eigenvalue weighted by atomic mass is 9.77. The van der Waals surface area contributed by atoms with Crippen LogP contribution >= 0.6 is 0 Å². The van der Waals surface area contributed by atoms with Crippen LogP contribution in [0.15, 0.2) is 36.4 Å². The van der Waals surface area contributed by atoms with Gasteiger partial charge in [-0.3, -0.25) is 4.79 Å². The molecule has 1 aromatic heterocycles. The van der Waals surface area contributed by atoms with E-state index in [0.717, 1.165) is 68.1 Å². The van der Waals surface area contributed by atoms with Crippen LogP contribution in [0.4, 0.5) is 13.2 Å². The molecule has 0 bridgehead atoms. The summed E-state index contributed by atoms with van der Waals surface area (Å²) in [6, 6.07) is 10.6. The van der Waals surface area contributed by atoms with Crippen molar-refractivity contribution in [3.05, 3.63) is 64.3 Å². The van der Waals surface area contributed by atoms with Crippen molar-refractivity contribution >= 4 is 16.9 Å². The lowest BCUT2D eigenvalue weighted by Gasteiger charge is -2.27. The molecule has 1 N–H and O–H groups in total. The molecule has 0 spiro atoms. The monoisotopic (exact) mass is 511 g/mol.